The summed E-state index contributed by atoms with van der Waals surface area (Å²) in [5, 5.41) is 12.1. The molecule has 0 aliphatic carbocycles. The number of hydrogen-bond acceptors (Lipinski definition) is 7. The fraction of sp³-hybridized carbons (Fsp3) is 0.381. The summed E-state index contributed by atoms with van der Waals surface area (Å²) in [5.74, 6) is 2.32. The van der Waals surface area contributed by atoms with Gasteiger partial charge in [0, 0.05) is 13.1 Å². The Kier molecular flexibility index (Phi) is 7.53. The van der Waals surface area contributed by atoms with E-state index in [1.807, 2.05) is 62.0 Å². The second kappa shape index (κ2) is 10.3. The van der Waals surface area contributed by atoms with Crippen LogP contribution < -0.4 is 10.1 Å². The number of rotatable bonds is 10. The van der Waals surface area contributed by atoms with E-state index in [0.717, 1.165) is 11.3 Å². The lowest BCUT2D eigenvalue weighted by Gasteiger charge is -2.25. The van der Waals surface area contributed by atoms with Gasteiger partial charge in [-0.15, -0.1) is 10.2 Å². The van der Waals surface area contributed by atoms with Crippen LogP contribution in [0.5, 0.6) is 5.75 Å². The number of thioether (sulfide) groups is 1. The summed E-state index contributed by atoms with van der Waals surface area (Å²) in [6.07, 6.45) is 1.60. The highest BCUT2D eigenvalue weighted by molar-refractivity contribution is 7.99. The minimum atomic E-state index is -0.0556. The van der Waals surface area contributed by atoms with Gasteiger partial charge < -0.3 is 19.4 Å². The van der Waals surface area contributed by atoms with Crippen LogP contribution in [0.1, 0.15) is 18.5 Å². The van der Waals surface area contributed by atoms with E-state index in [2.05, 4.69) is 20.4 Å². The Labute approximate surface area is 180 Å². The average molecular weight is 430 g/mol. The summed E-state index contributed by atoms with van der Waals surface area (Å²) in [6.45, 7) is 3.19. The standard InChI is InChI=1S/C21H27N5O3S/c1-5-26-20(18-10-7-11-29-18)23-24-21(26)30-14-19(27)22-13-17(25(2)3)15-8-6-9-16(12-15)28-4/h6-12,17H,5,13-14H2,1-4H3,(H,22,27). The van der Waals surface area contributed by atoms with Gasteiger partial charge in [0.05, 0.1) is 25.2 Å². The lowest BCUT2D eigenvalue weighted by Crippen LogP contribution is -2.35. The largest absolute Gasteiger partial charge is 0.497 e. The van der Waals surface area contributed by atoms with Gasteiger partial charge in [0.2, 0.25) is 5.91 Å². The first-order chi connectivity index (χ1) is 14.5. The monoisotopic (exact) mass is 429 g/mol. The number of nitrogens with zero attached hydrogens (tertiary/aromatic N) is 4. The highest BCUT2D eigenvalue weighted by Gasteiger charge is 2.18. The second-order valence-corrected chi connectivity index (χ2v) is 7.82. The molecule has 3 aromatic rings. The van der Waals surface area contributed by atoms with Gasteiger partial charge in [-0.25, -0.2) is 0 Å². The smallest absolute Gasteiger partial charge is 0.230 e. The fourth-order valence-electron chi connectivity index (χ4n) is 3.11. The lowest BCUT2D eigenvalue weighted by atomic mass is 10.1. The molecule has 8 nitrogen and oxygen atoms in total. The minimum Gasteiger partial charge on any atom is -0.497 e. The summed E-state index contributed by atoms with van der Waals surface area (Å²) in [6, 6.07) is 11.6. The van der Waals surface area contributed by atoms with E-state index in [1.165, 1.54) is 11.8 Å². The van der Waals surface area contributed by atoms with Crippen LogP contribution in [0.2, 0.25) is 0 Å². The van der Waals surface area contributed by atoms with Crippen LogP contribution in [-0.4, -0.2) is 59.1 Å². The zero-order chi connectivity index (χ0) is 21.5. The fourth-order valence-corrected chi connectivity index (χ4v) is 3.94. The molecule has 30 heavy (non-hydrogen) atoms. The predicted octanol–water partition coefficient (Wildman–Crippen LogP) is 3.08. The average Bonchev–Trinajstić information content (AvgIpc) is 3.41. The number of amides is 1. The van der Waals surface area contributed by atoms with Gasteiger partial charge in [0.15, 0.2) is 16.7 Å². The quantitative estimate of drug-likeness (QED) is 0.496. The highest BCUT2D eigenvalue weighted by Crippen LogP contribution is 2.25. The van der Waals surface area contributed by atoms with Gasteiger partial charge in [-0.05, 0) is 50.8 Å². The number of methoxy groups -OCH3 is 1. The molecule has 1 amide bonds. The Morgan fingerprint density at radius 1 is 1.30 bits per heavy atom. The maximum atomic E-state index is 12.5. The topological polar surface area (TPSA) is 85.4 Å². The maximum absolute atomic E-state index is 12.5. The van der Waals surface area contributed by atoms with Crippen molar-refractivity contribution < 1.29 is 13.9 Å². The molecule has 0 aliphatic heterocycles. The molecular formula is C21H27N5O3S. The molecule has 1 atom stereocenters. The van der Waals surface area contributed by atoms with Crippen LogP contribution in [0.25, 0.3) is 11.6 Å². The van der Waals surface area contributed by atoms with Crippen LogP contribution in [-0.2, 0) is 11.3 Å². The number of carbonyl (C=O) groups is 1. The van der Waals surface area contributed by atoms with Gasteiger partial charge in [0.25, 0.3) is 0 Å². The van der Waals surface area contributed by atoms with Crippen LogP contribution in [0.4, 0.5) is 0 Å². The van der Waals surface area contributed by atoms with Gasteiger partial charge in [-0.1, -0.05) is 23.9 Å². The van der Waals surface area contributed by atoms with Crippen molar-refractivity contribution in [3.8, 4) is 17.3 Å². The molecule has 2 aromatic heterocycles. The molecule has 3 rings (SSSR count). The SMILES string of the molecule is CCn1c(SCC(=O)NCC(c2cccc(OC)c2)N(C)C)nnc1-c1ccco1. The molecule has 0 bridgehead atoms. The van der Waals surface area contributed by atoms with Crippen LogP contribution in [0.15, 0.2) is 52.2 Å². The summed E-state index contributed by atoms with van der Waals surface area (Å²) >= 11 is 1.36. The van der Waals surface area contributed by atoms with Crippen molar-refractivity contribution in [2.45, 2.75) is 24.7 Å². The zero-order valence-electron chi connectivity index (χ0n) is 17.7. The molecule has 0 saturated heterocycles. The van der Waals surface area contributed by atoms with Crippen molar-refractivity contribution in [3.05, 3.63) is 48.2 Å². The van der Waals surface area contributed by atoms with E-state index in [9.17, 15) is 4.79 Å². The van der Waals surface area contributed by atoms with Gasteiger partial charge in [-0.3, -0.25) is 9.36 Å². The molecule has 0 spiro atoms. The Morgan fingerprint density at radius 3 is 2.80 bits per heavy atom. The number of benzene rings is 1. The van der Waals surface area contributed by atoms with Gasteiger partial charge in [-0.2, -0.15) is 0 Å². The van der Waals surface area contributed by atoms with Crippen molar-refractivity contribution in [1.82, 2.24) is 25.0 Å². The number of carbonyl (C=O) groups excluding carboxylic acids is 1. The zero-order valence-corrected chi connectivity index (χ0v) is 18.5. The van der Waals surface area contributed by atoms with Crippen molar-refractivity contribution in [2.75, 3.05) is 33.5 Å². The highest BCUT2D eigenvalue weighted by atomic mass is 32.2. The van der Waals surface area contributed by atoms with Crippen molar-refractivity contribution in [2.24, 2.45) is 0 Å². The van der Waals surface area contributed by atoms with E-state index in [-0.39, 0.29) is 17.7 Å². The van der Waals surface area contributed by atoms with E-state index in [0.29, 0.717) is 29.8 Å². The van der Waals surface area contributed by atoms with E-state index >= 15 is 0 Å². The minimum absolute atomic E-state index is 0.0406. The van der Waals surface area contributed by atoms with E-state index < -0.39 is 0 Å². The Bertz CT molecular complexity index is 955. The van der Waals surface area contributed by atoms with Crippen LogP contribution >= 0.6 is 11.8 Å². The molecule has 0 fully saturated rings. The number of hydrogen-bond donors (Lipinski definition) is 1. The number of aromatic nitrogens is 3. The van der Waals surface area contributed by atoms with Gasteiger partial charge in [0.1, 0.15) is 5.75 Å². The molecule has 0 aliphatic rings. The first-order valence-electron chi connectivity index (χ1n) is 9.70. The van der Waals surface area contributed by atoms with Gasteiger partial charge >= 0.3 is 0 Å². The molecule has 1 unspecified atom stereocenters. The number of ether oxygens (including phenoxy) is 1. The van der Waals surface area contributed by atoms with Crippen LogP contribution in [0, 0.1) is 0 Å². The number of nitrogens with one attached hydrogen (secondary N) is 1. The molecule has 1 N–H and O–H groups in total. The third-order valence-electron chi connectivity index (χ3n) is 4.70. The first-order valence-corrected chi connectivity index (χ1v) is 10.7. The van der Waals surface area contributed by atoms with Crippen molar-refractivity contribution >= 4 is 17.7 Å². The third-order valence-corrected chi connectivity index (χ3v) is 5.67. The Hall–Kier alpha value is -2.78. The number of likely N-dealkylation sites (N-methyl/N-ethyl adjacent to an activating group) is 1. The maximum Gasteiger partial charge on any atom is 0.230 e. The van der Waals surface area contributed by atoms with Crippen molar-refractivity contribution in [3.63, 3.8) is 0 Å². The van der Waals surface area contributed by atoms with E-state index in [1.54, 1.807) is 13.4 Å². The van der Waals surface area contributed by atoms with E-state index in [4.69, 9.17) is 9.15 Å². The number of furan rings is 1. The Balaban J connectivity index is 1.59. The lowest BCUT2D eigenvalue weighted by molar-refractivity contribution is -0.118. The first kappa shape index (κ1) is 21.9. The molecular weight excluding hydrogens is 402 g/mol. The molecule has 160 valence electrons. The summed E-state index contributed by atoms with van der Waals surface area (Å²) in [4.78, 5) is 14.6. The predicted molar refractivity (Wildman–Crippen MR) is 117 cm³/mol. The Morgan fingerprint density at radius 2 is 2.13 bits per heavy atom. The molecule has 1 aromatic carbocycles. The third kappa shape index (κ3) is 5.22. The summed E-state index contributed by atoms with van der Waals surface area (Å²) in [7, 11) is 5.63. The second-order valence-electron chi connectivity index (χ2n) is 6.88. The summed E-state index contributed by atoms with van der Waals surface area (Å²) < 4.78 is 12.7. The summed E-state index contributed by atoms with van der Waals surface area (Å²) in [5.41, 5.74) is 1.08. The molecule has 9 heteroatoms. The molecule has 0 saturated carbocycles. The van der Waals surface area contributed by atoms with Crippen molar-refractivity contribution in [1.29, 1.82) is 0 Å². The van der Waals surface area contributed by atoms with Crippen LogP contribution in [0.3, 0.4) is 0 Å². The normalized spacial score (nSPS) is 12.2. The molecule has 0 radical (unpaired) electrons. The molecule has 2 heterocycles.